The predicted octanol–water partition coefficient (Wildman–Crippen LogP) is 3.66. The van der Waals surface area contributed by atoms with Crippen molar-refractivity contribution in [1.82, 2.24) is 19.5 Å². The van der Waals surface area contributed by atoms with E-state index in [0.29, 0.717) is 11.2 Å². The fourth-order valence-corrected chi connectivity index (χ4v) is 6.72. The van der Waals surface area contributed by atoms with Gasteiger partial charge in [-0.1, -0.05) is 32.5 Å². The molecule has 32 heavy (non-hydrogen) atoms. The maximum atomic E-state index is 16.0. The van der Waals surface area contributed by atoms with Gasteiger partial charge in [-0.05, 0) is 30.2 Å². The standard InChI is InChI=1S/C19H25FN4O5S2Si/c1-17(2,3)32(6,7)28-11(8-25)13-18(29-30-5)16(20)19(27-13,31-18)24-10-23-12-14(24)21-9-22-15(12)26-4/h9-10,13,16H,1-7H3/t13-,16+,18+,19+/m1/s1. The van der Waals surface area contributed by atoms with Crippen molar-refractivity contribution in [2.24, 2.45) is 0 Å². The largest absolute Gasteiger partial charge is 0.537 e. The van der Waals surface area contributed by atoms with Gasteiger partial charge in [-0.25, -0.2) is 19.2 Å². The highest BCUT2D eigenvalue weighted by molar-refractivity contribution is 8.04. The minimum Gasteiger partial charge on any atom is -0.537 e. The van der Waals surface area contributed by atoms with Crippen LogP contribution in [0.25, 0.3) is 11.2 Å². The highest BCUT2D eigenvalue weighted by atomic mass is 32.2. The number of thioether (sulfide) groups is 1. The lowest BCUT2D eigenvalue weighted by Crippen LogP contribution is -2.59. The van der Waals surface area contributed by atoms with E-state index in [1.807, 2.05) is 39.8 Å². The molecule has 0 amide bonds. The molecule has 9 nitrogen and oxygen atoms in total. The van der Waals surface area contributed by atoms with E-state index >= 15 is 4.39 Å². The molecule has 0 unspecified atom stereocenters. The number of rotatable bonds is 7. The molecule has 3 saturated heterocycles. The number of methoxy groups -OCH3 is 1. The van der Waals surface area contributed by atoms with Crippen molar-refractivity contribution < 1.29 is 27.3 Å². The first-order chi connectivity index (χ1) is 15.0. The lowest BCUT2D eigenvalue weighted by Gasteiger charge is -2.46. The van der Waals surface area contributed by atoms with Gasteiger partial charge in [0.1, 0.15) is 12.7 Å². The summed E-state index contributed by atoms with van der Waals surface area (Å²) in [5.41, 5.74) is 0.712. The van der Waals surface area contributed by atoms with Crippen LogP contribution in [0.4, 0.5) is 4.39 Å². The van der Waals surface area contributed by atoms with E-state index in [9.17, 15) is 4.79 Å². The summed E-state index contributed by atoms with van der Waals surface area (Å²) in [4.78, 5) is 23.1. The molecule has 5 rings (SSSR count). The Morgan fingerprint density at radius 1 is 1.38 bits per heavy atom. The Hall–Kier alpha value is -1.63. The van der Waals surface area contributed by atoms with Crippen LogP contribution < -0.4 is 4.74 Å². The number of hydrogen-bond donors (Lipinski definition) is 0. The molecule has 3 aliphatic heterocycles. The first-order valence-corrected chi connectivity index (χ1v) is 14.8. The first kappa shape index (κ1) is 23.5. The molecule has 174 valence electrons. The number of alkyl halides is 1. The van der Waals surface area contributed by atoms with E-state index in [4.69, 9.17) is 18.1 Å². The summed E-state index contributed by atoms with van der Waals surface area (Å²) in [6.45, 7) is 10.1. The van der Waals surface area contributed by atoms with E-state index in [1.54, 1.807) is 6.26 Å². The van der Waals surface area contributed by atoms with Gasteiger partial charge in [0, 0.05) is 6.26 Å². The number of imidazole rings is 1. The van der Waals surface area contributed by atoms with Crippen molar-refractivity contribution in [2.45, 2.75) is 61.2 Å². The van der Waals surface area contributed by atoms with Crippen molar-refractivity contribution >= 4 is 49.2 Å². The van der Waals surface area contributed by atoms with Gasteiger partial charge in [0.05, 0.1) is 7.11 Å². The normalized spacial score (nSPS) is 29.5. The summed E-state index contributed by atoms with van der Waals surface area (Å²) in [5.74, 6) is 2.04. The second kappa shape index (κ2) is 7.71. The molecule has 3 aliphatic rings. The fraction of sp³-hybridized carbons (Fsp3) is 0.632. The third-order valence-corrected chi connectivity index (χ3v) is 12.7. The van der Waals surface area contributed by atoms with Crippen LogP contribution in [0, 0.1) is 0 Å². The molecule has 2 aromatic rings. The Labute approximate surface area is 194 Å². The summed E-state index contributed by atoms with van der Waals surface area (Å²) in [6.07, 6.45) is 1.68. The Morgan fingerprint density at radius 3 is 2.66 bits per heavy atom. The molecule has 0 aliphatic carbocycles. The van der Waals surface area contributed by atoms with E-state index in [-0.39, 0.29) is 16.7 Å². The monoisotopic (exact) mass is 500 g/mol. The molecular formula is C19H25FN4O5S2Si. The van der Waals surface area contributed by atoms with Crippen molar-refractivity contribution in [1.29, 1.82) is 0 Å². The zero-order valence-corrected chi connectivity index (χ0v) is 21.5. The highest BCUT2D eigenvalue weighted by Crippen LogP contribution is 2.72. The SMILES string of the molecule is COc1ncnc2c1ncn2[C@@]12O[C@H](C(=C=O)O[Si](C)(C)C(C)(C)C)[C@](OSC)(S1)[C@@H]2F. The maximum Gasteiger partial charge on any atom is 0.251 e. The first-order valence-electron chi connectivity index (χ1n) is 9.88. The Morgan fingerprint density at radius 2 is 2.09 bits per heavy atom. The Kier molecular flexibility index (Phi) is 5.67. The van der Waals surface area contributed by atoms with Crippen molar-refractivity contribution in [3.63, 3.8) is 0 Å². The summed E-state index contributed by atoms with van der Waals surface area (Å²) in [5, 5.41) is -1.72. The van der Waals surface area contributed by atoms with Gasteiger partial charge in [-0.15, -0.1) is 0 Å². The summed E-state index contributed by atoms with van der Waals surface area (Å²) < 4.78 is 40.8. The number of aromatic nitrogens is 4. The lowest BCUT2D eigenvalue weighted by atomic mass is 10.1. The number of ether oxygens (including phenoxy) is 2. The Bertz CT molecular complexity index is 1110. The van der Waals surface area contributed by atoms with Crippen LogP contribution in [0.1, 0.15) is 20.8 Å². The maximum absolute atomic E-state index is 16.0. The van der Waals surface area contributed by atoms with Crippen molar-refractivity contribution in [3.05, 3.63) is 18.4 Å². The summed E-state index contributed by atoms with van der Waals surface area (Å²) in [6, 6.07) is 0. The van der Waals surface area contributed by atoms with Crippen LogP contribution in [-0.4, -0.2) is 64.4 Å². The fourth-order valence-electron chi connectivity index (χ4n) is 3.49. The number of fused-ring (bicyclic) bond motifs is 2. The smallest absolute Gasteiger partial charge is 0.251 e. The molecule has 2 bridgehead atoms. The average Bonchev–Trinajstić information content (AvgIpc) is 3.38. The second-order valence-corrected chi connectivity index (χ2v) is 15.7. The van der Waals surface area contributed by atoms with Gasteiger partial charge < -0.3 is 13.9 Å². The van der Waals surface area contributed by atoms with Crippen LogP contribution in [-0.2, 0) is 23.2 Å². The van der Waals surface area contributed by atoms with Crippen LogP contribution in [0.2, 0.25) is 18.1 Å². The molecule has 0 aromatic carbocycles. The topological polar surface area (TPSA) is 97.6 Å². The van der Waals surface area contributed by atoms with Crippen LogP contribution in [0.3, 0.4) is 0 Å². The quantitative estimate of drug-likeness (QED) is 0.242. The third kappa shape index (κ3) is 3.13. The third-order valence-electron chi connectivity index (χ3n) is 6.18. The lowest BCUT2D eigenvalue weighted by molar-refractivity contribution is -0.0431. The number of nitrogens with zero attached hydrogens (tertiary/aromatic N) is 4. The minimum absolute atomic E-state index is 0.0863. The predicted molar refractivity (Wildman–Crippen MR) is 122 cm³/mol. The second-order valence-electron chi connectivity index (χ2n) is 9.06. The van der Waals surface area contributed by atoms with Gasteiger partial charge >= 0.3 is 0 Å². The molecular weight excluding hydrogens is 475 g/mol. The van der Waals surface area contributed by atoms with Crippen LogP contribution in [0.5, 0.6) is 5.88 Å². The van der Waals surface area contributed by atoms with Crippen LogP contribution in [0.15, 0.2) is 18.4 Å². The van der Waals surface area contributed by atoms with E-state index in [0.717, 1.165) is 23.8 Å². The zero-order chi connectivity index (χ0) is 23.5. The summed E-state index contributed by atoms with van der Waals surface area (Å²) in [7, 11) is -0.956. The van der Waals surface area contributed by atoms with E-state index in [1.165, 1.54) is 24.3 Å². The van der Waals surface area contributed by atoms with E-state index in [2.05, 4.69) is 15.0 Å². The van der Waals surface area contributed by atoms with Crippen LogP contribution >= 0.6 is 23.8 Å². The number of carbonyl (C=O) groups excluding carboxylic acids is 1. The molecule has 0 saturated carbocycles. The Balaban J connectivity index is 1.76. The van der Waals surface area contributed by atoms with Gasteiger partial charge in [0.25, 0.3) is 8.32 Å². The minimum atomic E-state index is -2.42. The zero-order valence-electron chi connectivity index (χ0n) is 18.8. The number of halogens is 1. The van der Waals surface area contributed by atoms with Gasteiger partial charge in [-0.2, -0.15) is 4.98 Å². The molecule has 0 radical (unpaired) electrons. The molecule has 2 aromatic heterocycles. The molecule has 3 fully saturated rings. The van der Waals surface area contributed by atoms with Crippen molar-refractivity contribution in [2.75, 3.05) is 13.4 Å². The molecule has 0 N–H and O–H groups in total. The molecule has 13 heteroatoms. The van der Waals surface area contributed by atoms with Gasteiger partial charge in [0.15, 0.2) is 29.0 Å². The van der Waals surface area contributed by atoms with E-state index < -0.39 is 30.6 Å². The number of hydrogen-bond acceptors (Lipinski definition) is 10. The van der Waals surface area contributed by atoms with Crippen molar-refractivity contribution in [3.8, 4) is 5.88 Å². The molecule has 0 spiro atoms. The molecule has 5 heterocycles. The molecule has 4 atom stereocenters. The highest BCUT2D eigenvalue weighted by Gasteiger charge is 2.82. The van der Waals surface area contributed by atoms with Gasteiger partial charge in [-0.3, -0.25) is 8.75 Å². The summed E-state index contributed by atoms with van der Waals surface area (Å²) >= 11 is 2.11. The van der Waals surface area contributed by atoms with Gasteiger partial charge in [0.2, 0.25) is 22.0 Å². The average molecular weight is 501 g/mol.